The van der Waals surface area contributed by atoms with E-state index in [-0.39, 0.29) is 38.6 Å². The molecule has 10 heteroatoms. The van der Waals surface area contributed by atoms with Crippen molar-refractivity contribution in [1.29, 1.82) is 0 Å². The molecule has 0 aromatic heterocycles. The summed E-state index contributed by atoms with van der Waals surface area (Å²) in [5.74, 6) is 0. The summed E-state index contributed by atoms with van der Waals surface area (Å²) in [6.07, 6.45) is 0. The molecule has 2 aromatic rings. The average Bonchev–Trinajstić information content (AvgIpc) is 2.59. The van der Waals surface area contributed by atoms with Crippen LogP contribution in [0.15, 0.2) is 46.2 Å². The van der Waals surface area contributed by atoms with E-state index in [1.165, 1.54) is 28.6 Å². The van der Waals surface area contributed by atoms with Crippen LogP contribution in [0.1, 0.15) is 19.4 Å². The zero-order valence-corrected chi connectivity index (χ0v) is 18.2. The molecule has 0 aliphatic carbocycles. The number of halogens is 2. The molecule has 148 valence electrons. The topological polar surface area (TPSA) is 83.6 Å². The molecular formula is C17H20Cl2N2O4S2. The first-order chi connectivity index (χ1) is 12.5. The van der Waals surface area contributed by atoms with Gasteiger partial charge in [-0.15, -0.1) is 0 Å². The zero-order valence-electron chi connectivity index (χ0n) is 15.0. The Hall–Kier alpha value is -1.32. The van der Waals surface area contributed by atoms with E-state index in [0.29, 0.717) is 5.56 Å². The van der Waals surface area contributed by atoms with Crippen LogP contribution in [0, 0.1) is 6.92 Å². The Balaban J connectivity index is 2.49. The van der Waals surface area contributed by atoms with Crippen LogP contribution < -0.4 is 4.72 Å². The van der Waals surface area contributed by atoms with E-state index in [0.717, 1.165) is 0 Å². The van der Waals surface area contributed by atoms with Crippen molar-refractivity contribution in [2.24, 2.45) is 0 Å². The standard InChI is InChI=1S/C17H20Cl2N2O4S2/c1-4-21(5-2)27(24,25)17-11-14(8-9-15(17)19)20-26(22,23)16-10-13(18)7-6-12(16)3/h6-11,20H,4-5H2,1-3H3. The summed E-state index contributed by atoms with van der Waals surface area (Å²) in [5, 5.41) is 0.297. The summed E-state index contributed by atoms with van der Waals surface area (Å²) in [6, 6.07) is 8.49. The molecule has 0 bridgehead atoms. The number of nitrogens with one attached hydrogen (secondary N) is 1. The van der Waals surface area contributed by atoms with Gasteiger partial charge in [0.15, 0.2) is 0 Å². The molecule has 0 aliphatic heterocycles. The van der Waals surface area contributed by atoms with Gasteiger partial charge < -0.3 is 0 Å². The van der Waals surface area contributed by atoms with Crippen molar-refractivity contribution in [1.82, 2.24) is 4.31 Å². The van der Waals surface area contributed by atoms with Gasteiger partial charge in [-0.05, 0) is 42.8 Å². The van der Waals surface area contributed by atoms with E-state index < -0.39 is 20.0 Å². The molecule has 27 heavy (non-hydrogen) atoms. The predicted octanol–water partition coefficient (Wildman–Crippen LogP) is 4.13. The van der Waals surface area contributed by atoms with Crippen LogP contribution in [-0.4, -0.2) is 34.2 Å². The molecule has 0 saturated heterocycles. The number of sulfonamides is 2. The minimum atomic E-state index is -3.96. The maximum absolute atomic E-state index is 12.7. The van der Waals surface area contributed by atoms with Gasteiger partial charge in [-0.3, -0.25) is 4.72 Å². The van der Waals surface area contributed by atoms with Gasteiger partial charge in [0.05, 0.1) is 15.6 Å². The van der Waals surface area contributed by atoms with Crippen molar-refractivity contribution in [3.8, 4) is 0 Å². The number of benzene rings is 2. The maximum Gasteiger partial charge on any atom is 0.262 e. The lowest BCUT2D eigenvalue weighted by atomic mass is 10.2. The molecule has 0 heterocycles. The highest BCUT2D eigenvalue weighted by atomic mass is 35.5. The highest BCUT2D eigenvalue weighted by Gasteiger charge is 2.26. The van der Waals surface area contributed by atoms with Crippen LogP contribution in [0.4, 0.5) is 5.69 Å². The molecule has 6 nitrogen and oxygen atoms in total. The first kappa shape index (κ1) is 22.0. The normalized spacial score (nSPS) is 12.4. The van der Waals surface area contributed by atoms with Gasteiger partial charge in [0.2, 0.25) is 10.0 Å². The predicted molar refractivity (Wildman–Crippen MR) is 109 cm³/mol. The van der Waals surface area contributed by atoms with Crippen molar-refractivity contribution in [2.75, 3.05) is 17.8 Å². The van der Waals surface area contributed by atoms with Crippen LogP contribution >= 0.6 is 23.2 Å². The minimum absolute atomic E-state index is 0.0121. The molecule has 2 rings (SSSR count). The second-order valence-corrected chi connectivity index (χ2v) is 10.2. The first-order valence-corrected chi connectivity index (χ1v) is 11.8. The summed E-state index contributed by atoms with van der Waals surface area (Å²) < 4.78 is 54.5. The fourth-order valence-electron chi connectivity index (χ4n) is 2.54. The Bertz CT molecular complexity index is 1050. The average molecular weight is 451 g/mol. The fraction of sp³-hybridized carbons (Fsp3) is 0.294. The Morgan fingerprint density at radius 1 is 0.926 bits per heavy atom. The molecule has 0 atom stereocenters. The molecule has 0 unspecified atom stereocenters. The molecular weight excluding hydrogens is 431 g/mol. The number of anilines is 1. The van der Waals surface area contributed by atoms with Crippen molar-refractivity contribution >= 4 is 48.9 Å². The Morgan fingerprint density at radius 2 is 1.56 bits per heavy atom. The van der Waals surface area contributed by atoms with E-state index in [1.54, 1.807) is 32.9 Å². The van der Waals surface area contributed by atoms with E-state index in [1.807, 2.05) is 0 Å². The molecule has 0 saturated carbocycles. The van der Waals surface area contributed by atoms with Gasteiger partial charge in [0.25, 0.3) is 10.0 Å². The van der Waals surface area contributed by atoms with E-state index >= 15 is 0 Å². The van der Waals surface area contributed by atoms with Gasteiger partial charge in [-0.1, -0.05) is 43.1 Å². The Kier molecular flexibility index (Phi) is 6.81. The number of aryl methyl sites for hydroxylation is 1. The maximum atomic E-state index is 12.7. The van der Waals surface area contributed by atoms with Crippen molar-refractivity contribution < 1.29 is 16.8 Å². The molecule has 2 aromatic carbocycles. The summed E-state index contributed by atoms with van der Waals surface area (Å²) >= 11 is 12.0. The monoisotopic (exact) mass is 450 g/mol. The molecule has 0 aliphatic rings. The summed E-state index contributed by atoms with van der Waals surface area (Å²) in [7, 11) is -7.80. The molecule has 0 fully saturated rings. The number of hydrogen-bond acceptors (Lipinski definition) is 4. The van der Waals surface area contributed by atoms with Gasteiger partial charge >= 0.3 is 0 Å². The van der Waals surface area contributed by atoms with Crippen LogP contribution in [0.2, 0.25) is 10.0 Å². The second-order valence-electron chi connectivity index (χ2n) is 5.75. The van der Waals surface area contributed by atoms with E-state index in [2.05, 4.69) is 4.72 Å². The van der Waals surface area contributed by atoms with Crippen LogP contribution in [0.5, 0.6) is 0 Å². The SMILES string of the molecule is CCN(CC)S(=O)(=O)c1cc(NS(=O)(=O)c2cc(Cl)ccc2C)ccc1Cl. The van der Waals surface area contributed by atoms with Crippen molar-refractivity contribution in [3.05, 3.63) is 52.0 Å². The number of nitrogens with zero attached hydrogens (tertiary/aromatic N) is 1. The lowest BCUT2D eigenvalue weighted by molar-refractivity contribution is 0.445. The number of hydrogen-bond donors (Lipinski definition) is 1. The summed E-state index contributed by atoms with van der Waals surface area (Å²) in [6.45, 7) is 5.61. The molecule has 1 N–H and O–H groups in total. The quantitative estimate of drug-likeness (QED) is 0.686. The molecule has 0 radical (unpaired) electrons. The van der Waals surface area contributed by atoms with Crippen LogP contribution in [0.25, 0.3) is 0 Å². The van der Waals surface area contributed by atoms with E-state index in [4.69, 9.17) is 23.2 Å². The fourth-order valence-corrected chi connectivity index (χ4v) is 6.06. The van der Waals surface area contributed by atoms with Gasteiger partial charge in [0, 0.05) is 18.1 Å². The van der Waals surface area contributed by atoms with Gasteiger partial charge in [-0.25, -0.2) is 16.8 Å². The van der Waals surface area contributed by atoms with Crippen LogP contribution in [0.3, 0.4) is 0 Å². The highest BCUT2D eigenvalue weighted by molar-refractivity contribution is 7.92. The minimum Gasteiger partial charge on any atom is -0.280 e. The van der Waals surface area contributed by atoms with Crippen molar-refractivity contribution in [2.45, 2.75) is 30.6 Å². The Morgan fingerprint density at radius 3 is 2.15 bits per heavy atom. The van der Waals surface area contributed by atoms with Crippen LogP contribution in [-0.2, 0) is 20.0 Å². The zero-order chi connectivity index (χ0) is 20.4. The largest absolute Gasteiger partial charge is 0.280 e. The third kappa shape index (κ3) is 4.75. The lowest BCUT2D eigenvalue weighted by Crippen LogP contribution is -2.30. The number of rotatable bonds is 7. The van der Waals surface area contributed by atoms with Gasteiger partial charge in [-0.2, -0.15) is 4.31 Å². The second kappa shape index (κ2) is 8.36. The summed E-state index contributed by atoms with van der Waals surface area (Å²) in [5.41, 5.74) is 0.598. The molecule has 0 amide bonds. The van der Waals surface area contributed by atoms with Crippen molar-refractivity contribution in [3.63, 3.8) is 0 Å². The molecule has 0 spiro atoms. The first-order valence-electron chi connectivity index (χ1n) is 8.11. The third-order valence-corrected chi connectivity index (χ3v) is 8.24. The Labute approximate surface area is 170 Å². The summed E-state index contributed by atoms with van der Waals surface area (Å²) in [4.78, 5) is -0.144. The lowest BCUT2D eigenvalue weighted by Gasteiger charge is -2.20. The third-order valence-electron chi connectivity index (χ3n) is 3.95. The smallest absolute Gasteiger partial charge is 0.262 e. The highest BCUT2D eigenvalue weighted by Crippen LogP contribution is 2.29. The van der Waals surface area contributed by atoms with Gasteiger partial charge in [0.1, 0.15) is 4.90 Å². The van der Waals surface area contributed by atoms with E-state index in [9.17, 15) is 16.8 Å².